The molecule has 8 heteroatoms. The lowest BCUT2D eigenvalue weighted by Crippen LogP contribution is -2.38. The van der Waals surface area contributed by atoms with Crippen LogP contribution in [0.5, 0.6) is 0 Å². The third-order valence-corrected chi connectivity index (χ3v) is 6.30. The summed E-state index contributed by atoms with van der Waals surface area (Å²) >= 11 is 7.81. The molecule has 1 aromatic carbocycles. The Kier molecular flexibility index (Phi) is 7.76. The molecule has 3 rings (SSSR count). The number of halogens is 1. The number of piperidine rings is 1. The van der Waals surface area contributed by atoms with Gasteiger partial charge in [0.05, 0.1) is 10.8 Å². The van der Waals surface area contributed by atoms with E-state index in [9.17, 15) is 4.79 Å². The monoisotopic (exact) mass is 422 g/mol. The number of benzene rings is 1. The van der Waals surface area contributed by atoms with E-state index in [1.807, 2.05) is 33.7 Å². The summed E-state index contributed by atoms with van der Waals surface area (Å²) in [4.78, 5) is 14.6. The highest BCUT2D eigenvalue weighted by Gasteiger charge is 2.22. The van der Waals surface area contributed by atoms with Crippen LogP contribution in [-0.2, 0) is 16.1 Å². The molecule has 0 atom stereocenters. The molecule has 0 spiro atoms. The van der Waals surface area contributed by atoms with E-state index >= 15 is 0 Å². The first-order valence-electron chi connectivity index (χ1n) is 9.67. The Morgan fingerprint density at radius 3 is 2.75 bits per heavy atom. The number of carbonyl (C=O) groups is 1. The van der Waals surface area contributed by atoms with Gasteiger partial charge in [0, 0.05) is 38.9 Å². The highest BCUT2D eigenvalue weighted by Crippen LogP contribution is 2.29. The largest absolute Gasteiger partial charge is 0.385 e. The standard InChI is InChI=1S/C20H27ClN4O2S/c1-15-8-11-24(12-9-15)18(26)14-28-20-23-22-19(25(20)10-5-13-27-2)16-6-3-4-7-17(16)21/h3-4,6-7,15H,5,8-14H2,1-2H3. The van der Waals surface area contributed by atoms with Crippen LogP contribution in [0.25, 0.3) is 11.4 Å². The van der Waals surface area contributed by atoms with Gasteiger partial charge in [0.25, 0.3) is 0 Å². The van der Waals surface area contributed by atoms with Crippen LogP contribution < -0.4 is 0 Å². The minimum Gasteiger partial charge on any atom is -0.385 e. The van der Waals surface area contributed by atoms with Gasteiger partial charge in [-0.15, -0.1) is 10.2 Å². The van der Waals surface area contributed by atoms with Gasteiger partial charge in [-0.25, -0.2) is 0 Å². The predicted molar refractivity (Wildman–Crippen MR) is 113 cm³/mol. The van der Waals surface area contributed by atoms with Crippen LogP contribution in [0.2, 0.25) is 5.02 Å². The van der Waals surface area contributed by atoms with Crippen molar-refractivity contribution in [1.82, 2.24) is 19.7 Å². The first-order valence-corrected chi connectivity index (χ1v) is 11.0. The summed E-state index contributed by atoms with van der Waals surface area (Å²) in [5.74, 6) is 1.98. The normalized spacial score (nSPS) is 15.2. The number of nitrogens with zero attached hydrogens (tertiary/aromatic N) is 4. The number of rotatable bonds is 8. The van der Waals surface area contributed by atoms with E-state index in [1.54, 1.807) is 7.11 Å². The molecule has 152 valence electrons. The van der Waals surface area contributed by atoms with Crippen molar-refractivity contribution in [2.75, 3.05) is 32.6 Å². The number of thioether (sulfide) groups is 1. The molecule has 6 nitrogen and oxygen atoms in total. The molecule has 0 bridgehead atoms. The van der Waals surface area contributed by atoms with Crippen LogP contribution in [0, 0.1) is 5.92 Å². The Bertz CT molecular complexity index is 790. The smallest absolute Gasteiger partial charge is 0.233 e. The molecule has 0 unspecified atom stereocenters. The van der Waals surface area contributed by atoms with Crippen molar-refractivity contribution < 1.29 is 9.53 Å². The average molecular weight is 423 g/mol. The van der Waals surface area contributed by atoms with Gasteiger partial charge in [-0.3, -0.25) is 4.79 Å². The molecule has 0 aliphatic carbocycles. The lowest BCUT2D eigenvalue weighted by molar-refractivity contribution is -0.129. The van der Waals surface area contributed by atoms with Crippen molar-refractivity contribution in [2.45, 2.75) is 37.9 Å². The van der Waals surface area contributed by atoms with Gasteiger partial charge in [-0.2, -0.15) is 0 Å². The predicted octanol–water partition coefficient (Wildman–Crippen LogP) is 3.99. The zero-order chi connectivity index (χ0) is 19.9. The van der Waals surface area contributed by atoms with Gasteiger partial charge in [0.2, 0.25) is 5.91 Å². The number of aromatic nitrogens is 3. The Hall–Kier alpha value is -1.57. The van der Waals surface area contributed by atoms with Gasteiger partial charge in [0.1, 0.15) is 0 Å². The number of likely N-dealkylation sites (tertiary alicyclic amines) is 1. The molecule has 0 radical (unpaired) electrons. The maximum atomic E-state index is 12.6. The van der Waals surface area contributed by atoms with Gasteiger partial charge >= 0.3 is 0 Å². The maximum Gasteiger partial charge on any atom is 0.233 e. The third kappa shape index (κ3) is 5.27. The Labute approximate surface area is 175 Å². The summed E-state index contributed by atoms with van der Waals surface area (Å²) < 4.78 is 7.23. The van der Waals surface area contributed by atoms with E-state index in [0.29, 0.717) is 29.8 Å². The molecular weight excluding hydrogens is 396 g/mol. The molecule has 1 aliphatic rings. The summed E-state index contributed by atoms with van der Waals surface area (Å²) in [6, 6.07) is 7.61. The molecule has 28 heavy (non-hydrogen) atoms. The number of carbonyl (C=O) groups excluding carboxylic acids is 1. The molecule has 2 aromatic rings. The van der Waals surface area contributed by atoms with Crippen molar-refractivity contribution in [3.63, 3.8) is 0 Å². The van der Waals surface area contributed by atoms with Crippen LogP contribution in [0.3, 0.4) is 0 Å². The summed E-state index contributed by atoms with van der Waals surface area (Å²) in [5.41, 5.74) is 0.845. The molecule has 1 aromatic heterocycles. The number of hydrogen-bond donors (Lipinski definition) is 0. The number of hydrogen-bond acceptors (Lipinski definition) is 5. The minimum atomic E-state index is 0.169. The highest BCUT2D eigenvalue weighted by molar-refractivity contribution is 7.99. The Balaban J connectivity index is 1.73. The lowest BCUT2D eigenvalue weighted by Gasteiger charge is -2.30. The van der Waals surface area contributed by atoms with E-state index in [4.69, 9.17) is 16.3 Å². The zero-order valence-corrected chi connectivity index (χ0v) is 18.0. The van der Waals surface area contributed by atoms with E-state index in [-0.39, 0.29) is 5.91 Å². The molecule has 1 amide bonds. The fourth-order valence-electron chi connectivity index (χ4n) is 3.28. The molecule has 2 heterocycles. The second kappa shape index (κ2) is 10.3. The van der Waals surface area contributed by atoms with Gasteiger partial charge in [0.15, 0.2) is 11.0 Å². The van der Waals surface area contributed by atoms with Gasteiger partial charge < -0.3 is 14.2 Å². The second-order valence-corrected chi connectivity index (χ2v) is 8.49. The van der Waals surface area contributed by atoms with Crippen LogP contribution >= 0.6 is 23.4 Å². The first kappa shape index (κ1) is 21.1. The SMILES string of the molecule is COCCCn1c(SCC(=O)N2CCC(C)CC2)nnc1-c1ccccc1Cl. The lowest BCUT2D eigenvalue weighted by atomic mass is 9.99. The van der Waals surface area contributed by atoms with E-state index < -0.39 is 0 Å². The minimum absolute atomic E-state index is 0.169. The third-order valence-electron chi connectivity index (χ3n) is 5.02. The molecular formula is C20H27ClN4O2S. The molecule has 1 saturated heterocycles. The quantitative estimate of drug-likeness (QED) is 0.475. The van der Waals surface area contributed by atoms with E-state index in [1.165, 1.54) is 11.8 Å². The Morgan fingerprint density at radius 2 is 2.04 bits per heavy atom. The van der Waals surface area contributed by atoms with Crippen LogP contribution in [0.15, 0.2) is 29.4 Å². The summed E-state index contributed by atoms with van der Waals surface area (Å²) in [6.07, 6.45) is 3.00. The fraction of sp³-hybridized carbons (Fsp3) is 0.550. The highest BCUT2D eigenvalue weighted by atomic mass is 35.5. The van der Waals surface area contributed by atoms with Crippen molar-refractivity contribution in [1.29, 1.82) is 0 Å². The molecule has 0 N–H and O–H groups in total. The summed E-state index contributed by atoms with van der Waals surface area (Å²) in [6.45, 7) is 5.31. The fourth-order valence-corrected chi connectivity index (χ4v) is 4.37. The molecule has 1 fully saturated rings. The van der Waals surface area contributed by atoms with Crippen molar-refractivity contribution in [2.24, 2.45) is 5.92 Å². The van der Waals surface area contributed by atoms with Crippen molar-refractivity contribution in [3.8, 4) is 11.4 Å². The van der Waals surface area contributed by atoms with Crippen molar-refractivity contribution >= 4 is 29.3 Å². The first-order chi connectivity index (χ1) is 13.6. The van der Waals surface area contributed by atoms with E-state index in [0.717, 1.165) is 48.9 Å². The van der Waals surface area contributed by atoms with Gasteiger partial charge in [-0.1, -0.05) is 42.4 Å². The topological polar surface area (TPSA) is 60.2 Å². The maximum absolute atomic E-state index is 12.6. The van der Waals surface area contributed by atoms with Gasteiger partial charge in [-0.05, 0) is 37.3 Å². The number of methoxy groups -OCH3 is 1. The van der Waals surface area contributed by atoms with Crippen LogP contribution in [0.4, 0.5) is 0 Å². The summed E-state index contributed by atoms with van der Waals surface area (Å²) in [5, 5.41) is 10.1. The van der Waals surface area contributed by atoms with E-state index in [2.05, 4.69) is 17.1 Å². The van der Waals surface area contributed by atoms with Crippen LogP contribution in [0.1, 0.15) is 26.2 Å². The Morgan fingerprint density at radius 1 is 1.29 bits per heavy atom. The molecule has 0 saturated carbocycles. The zero-order valence-electron chi connectivity index (χ0n) is 16.4. The van der Waals surface area contributed by atoms with Crippen molar-refractivity contribution in [3.05, 3.63) is 29.3 Å². The second-order valence-electron chi connectivity index (χ2n) is 7.14. The summed E-state index contributed by atoms with van der Waals surface area (Å²) in [7, 11) is 1.69. The van der Waals surface area contributed by atoms with Crippen LogP contribution in [-0.4, -0.2) is 58.1 Å². The number of ether oxygens (including phenoxy) is 1. The molecule has 1 aliphatic heterocycles. The average Bonchev–Trinajstić information content (AvgIpc) is 3.10. The number of amides is 1.